The number of hydrogen-bond acceptors (Lipinski definition) is 3. The lowest BCUT2D eigenvalue weighted by Gasteiger charge is -2.34. The Morgan fingerprint density at radius 1 is 1.29 bits per heavy atom. The highest BCUT2D eigenvalue weighted by atomic mass is 16.3. The summed E-state index contributed by atoms with van der Waals surface area (Å²) in [6.07, 6.45) is 6.11. The fourth-order valence-electron chi connectivity index (χ4n) is 2.34. The highest BCUT2D eigenvalue weighted by Crippen LogP contribution is 2.22. The number of hydrogen-bond donors (Lipinski definition) is 2. The largest absolute Gasteiger partial charge is 0.395 e. The highest BCUT2D eigenvalue weighted by Gasteiger charge is 2.21. The molecule has 0 spiro atoms. The molecule has 1 rings (SSSR count). The van der Waals surface area contributed by atoms with Crippen molar-refractivity contribution in [3.63, 3.8) is 0 Å². The van der Waals surface area contributed by atoms with Crippen LogP contribution in [0.2, 0.25) is 0 Å². The van der Waals surface area contributed by atoms with Crippen molar-refractivity contribution < 1.29 is 10.2 Å². The van der Waals surface area contributed by atoms with E-state index < -0.39 is 0 Å². The number of nitrogens with zero attached hydrogens (tertiary/aromatic N) is 1. The fourth-order valence-corrected chi connectivity index (χ4v) is 2.34. The summed E-state index contributed by atoms with van der Waals surface area (Å²) in [5, 5.41) is 18.3. The van der Waals surface area contributed by atoms with Gasteiger partial charge in [-0.1, -0.05) is 19.3 Å². The molecule has 14 heavy (non-hydrogen) atoms. The van der Waals surface area contributed by atoms with Crippen molar-refractivity contribution in [1.82, 2.24) is 4.90 Å². The summed E-state index contributed by atoms with van der Waals surface area (Å²) >= 11 is 0. The standard InChI is InChI=1S/C11H23NO2/c1-10(14)9-12(7-8-13)11-5-3-2-4-6-11/h10-11,13-14H,2-9H2,1H3. The Kier molecular flexibility index (Phi) is 5.45. The Morgan fingerprint density at radius 2 is 1.93 bits per heavy atom. The van der Waals surface area contributed by atoms with Crippen LogP contribution >= 0.6 is 0 Å². The molecule has 1 atom stereocenters. The van der Waals surface area contributed by atoms with Gasteiger partial charge in [0.05, 0.1) is 12.7 Å². The fraction of sp³-hybridized carbons (Fsp3) is 1.00. The predicted octanol–water partition coefficient (Wildman–Crippen LogP) is 0.994. The maximum atomic E-state index is 9.36. The summed E-state index contributed by atoms with van der Waals surface area (Å²) in [6.45, 7) is 3.41. The van der Waals surface area contributed by atoms with E-state index in [1.54, 1.807) is 0 Å². The lowest BCUT2D eigenvalue weighted by atomic mass is 9.94. The van der Waals surface area contributed by atoms with Gasteiger partial charge in [-0.3, -0.25) is 4.90 Å². The molecule has 0 radical (unpaired) electrons. The molecule has 1 aliphatic rings. The van der Waals surface area contributed by atoms with Crippen LogP contribution in [0.15, 0.2) is 0 Å². The van der Waals surface area contributed by atoms with Gasteiger partial charge in [-0.15, -0.1) is 0 Å². The van der Waals surface area contributed by atoms with E-state index in [0.717, 1.165) is 0 Å². The first-order chi connectivity index (χ1) is 6.74. The van der Waals surface area contributed by atoms with Crippen LogP contribution in [0.4, 0.5) is 0 Å². The summed E-state index contributed by atoms with van der Waals surface area (Å²) in [4.78, 5) is 2.24. The molecule has 84 valence electrons. The van der Waals surface area contributed by atoms with Crippen LogP contribution in [0.5, 0.6) is 0 Å². The van der Waals surface area contributed by atoms with Gasteiger partial charge in [0.15, 0.2) is 0 Å². The number of aliphatic hydroxyl groups excluding tert-OH is 2. The third kappa shape index (κ3) is 3.95. The van der Waals surface area contributed by atoms with Crippen LogP contribution < -0.4 is 0 Å². The Balaban J connectivity index is 2.38. The maximum absolute atomic E-state index is 9.36. The van der Waals surface area contributed by atoms with Gasteiger partial charge in [-0.25, -0.2) is 0 Å². The predicted molar refractivity (Wildman–Crippen MR) is 57.2 cm³/mol. The first-order valence-corrected chi connectivity index (χ1v) is 5.77. The molecule has 0 heterocycles. The van der Waals surface area contributed by atoms with E-state index in [0.29, 0.717) is 19.1 Å². The van der Waals surface area contributed by atoms with Gasteiger partial charge in [-0.2, -0.15) is 0 Å². The van der Waals surface area contributed by atoms with Gasteiger partial charge in [-0.05, 0) is 19.8 Å². The van der Waals surface area contributed by atoms with E-state index in [1.807, 2.05) is 6.92 Å². The van der Waals surface area contributed by atoms with E-state index in [2.05, 4.69) is 4.90 Å². The molecule has 0 aromatic carbocycles. The second-order valence-corrected chi connectivity index (χ2v) is 4.36. The van der Waals surface area contributed by atoms with E-state index in [9.17, 15) is 5.11 Å². The van der Waals surface area contributed by atoms with E-state index in [4.69, 9.17) is 5.11 Å². The molecule has 1 saturated carbocycles. The molecule has 0 saturated heterocycles. The van der Waals surface area contributed by atoms with Crippen molar-refractivity contribution in [3.8, 4) is 0 Å². The zero-order valence-corrected chi connectivity index (χ0v) is 9.15. The number of rotatable bonds is 5. The van der Waals surface area contributed by atoms with Gasteiger partial charge in [0.1, 0.15) is 0 Å². The van der Waals surface area contributed by atoms with Crippen molar-refractivity contribution in [1.29, 1.82) is 0 Å². The Morgan fingerprint density at radius 3 is 2.43 bits per heavy atom. The van der Waals surface area contributed by atoms with Crippen molar-refractivity contribution in [2.24, 2.45) is 0 Å². The summed E-state index contributed by atoms with van der Waals surface area (Å²) < 4.78 is 0. The molecule has 0 aromatic rings. The molecule has 0 amide bonds. The number of aliphatic hydroxyl groups is 2. The molecular weight excluding hydrogens is 178 g/mol. The van der Waals surface area contributed by atoms with Crippen LogP contribution in [0.25, 0.3) is 0 Å². The van der Waals surface area contributed by atoms with Crippen molar-refractivity contribution in [2.45, 2.75) is 51.2 Å². The van der Waals surface area contributed by atoms with Crippen molar-refractivity contribution >= 4 is 0 Å². The Bertz CT molecular complexity index is 144. The normalized spacial score (nSPS) is 21.4. The second kappa shape index (κ2) is 6.38. The molecule has 1 aliphatic carbocycles. The summed E-state index contributed by atoms with van der Waals surface area (Å²) in [5.74, 6) is 0. The van der Waals surface area contributed by atoms with Crippen LogP contribution in [0, 0.1) is 0 Å². The lowest BCUT2D eigenvalue weighted by Crippen LogP contribution is -2.42. The average Bonchev–Trinajstić information content (AvgIpc) is 2.18. The van der Waals surface area contributed by atoms with Gasteiger partial charge >= 0.3 is 0 Å². The van der Waals surface area contributed by atoms with Crippen molar-refractivity contribution in [2.75, 3.05) is 19.7 Å². The molecule has 1 unspecified atom stereocenters. The maximum Gasteiger partial charge on any atom is 0.0639 e. The van der Waals surface area contributed by atoms with Crippen LogP contribution in [-0.4, -0.2) is 47.0 Å². The minimum Gasteiger partial charge on any atom is -0.395 e. The topological polar surface area (TPSA) is 43.7 Å². The average molecular weight is 201 g/mol. The van der Waals surface area contributed by atoms with E-state index in [1.165, 1.54) is 32.1 Å². The van der Waals surface area contributed by atoms with Gasteiger partial charge in [0.25, 0.3) is 0 Å². The Labute approximate surface area is 86.7 Å². The molecule has 3 heteroatoms. The highest BCUT2D eigenvalue weighted by molar-refractivity contribution is 4.76. The molecule has 0 aromatic heterocycles. The summed E-state index contributed by atoms with van der Waals surface area (Å²) in [7, 11) is 0. The third-order valence-corrected chi connectivity index (χ3v) is 2.98. The molecule has 3 nitrogen and oxygen atoms in total. The van der Waals surface area contributed by atoms with E-state index >= 15 is 0 Å². The van der Waals surface area contributed by atoms with Crippen LogP contribution in [0.1, 0.15) is 39.0 Å². The Hall–Kier alpha value is -0.120. The van der Waals surface area contributed by atoms with Gasteiger partial charge < -0.3 is 10.2 Å². The van der Waals surface area contributed by atoms with Crippen LogP contribution in [0.3, 0.4) is 0 Å². The summed E-state index contributed by atoms with van der Waals surface area (Å²) in [5.41, 5.74) is 0. The SMILES string of the molecule is CC(O)CN(CCO)C1CCCCC1. The smallest absolute Gasteiger partial charge is 0.0639 e. The van der Waals surface area contributed by atoms with Gasteiger partial charge in [0, 0.05) is 19.1 Å². The van der Waals surface area contributed by atoms with Gasteiger partial charge in [0.2, 0.25) is 0 Å². The minimum atomic E-state index is -0.288. The monoisotopic (exact) mass is 201 g/mol. The third-order valence-electron chi connectivity index (χ3n) is 2.98. The zero-order valence-electron chi connectivity index (χ0n) is 9.15. The summed E-state index contributed by atoms with van der Waals surface area (Å²) in [6, 6.07) is 0.588. The lowest BCUT2D eigenvalue weighted by molar-refractivity contribution is 0.0683. The molecule has 0 bridgehead atoms. The quantitative estimate of drug-likeness (QED) is 0.697. The van der Waals surface area contributed by atoms with Crippen LogP contribution in [-0.2, 0) is 0 Å². The molecule has 0 aliphatic heterocycles. The zero-order chi connectivity index (χ0) is 10.4. The second-order valence-electron chi connectivity index (χ2n) is 4.36. The molecule has 1 fully saturated rings. The first kappa shape index (κ1) is 12.0. The van der Waals surface area contributed by atoms with Crippen molar-refractivity contribution in [3.05, 3.63) is 0 Å². The first-order valence-electron chi connectivity index (χ1n) is 5.77. The minimum absolute atomic E-state index is 0.198. The molecule has 2 N–H and O–H groups in total. The molecular formula is C11H23NO2. The van der Waals surface area contributed by atoms with E-state index in [-0.39, 0.29) is 12.7 Å².